The van der Waals surface area contributed by atoms with Crippen LogP contribution < -0.4 is 10.6 Å². The van der Waals surface area contributed by atoms with Gasteiger partial charge in [0.05, 0.1) is 30.5 Å². The molecule has 0 amide bonds. The predicted octanol–water partition coefficient (Wildman–Crippen LogP) is 3.45. The molecule has 2 N–H and O–H groups in total. The molecule has 2 fully saturated rings. The number of anilines is 1. The van der Waals surface area contributed by atoms with Gasteiger partial charge in [0.15, 0.2) is 0 Å². The molecule has 3 heterocycles. The number of methoxy groups -OCH3 is 1. The lowest BCUT2D eigenvalue weighted by Crippen LogP contribution is -2.47. The summed E-state index contributed by atoms with van der Waals surface area (Å²) in [7, 11) is 3.75. The molecule has 0 spiro atoms. The summed E-state index contributed by atoms with van der Waals surface area (Å²) in [6, 6.07) is 7.67. The Kier molecular flexibility index (Phi) is 8.04. The SMILES string of the molecule is CO[C@H]1COCC[C@H]1NCC#Cc1cc2c(NC3CCN(C)CC3)cccc2n1CC(F)(F)F. The molecular formula is C25H33F3N4O2. The van der Waals surface area contributed by atoms with E-state index in [1.165, 1.54) is 4.57 Å². The number of ether oxygens (including phenoxy) is 2. The molecule has 0 radical (unpaired) electrons. The van der Waals surface area contributed by atoms with Crippen LogP contribution in [0.2, 0.25) is 0 Å². The minimum atomic E-state index is -4.34. The van der Waals surface area contributed by atoms with Gasteiger partial charge in [-0.2, -0.15) is 13.2 Å². The summed E-state index contributed by atoms with van der Waals surface area (Å²) in [5.41, 5.74) is 1.76. The van der Waals surface area contributed by atoms with Gasteiger partial charge in [-0.1, -0.05) is 12.0 Å². The third-order valence-electron chi connectivity index (χ3n) is 6.64. The van der Waals surface area contributed by atoms with Crippen LogP contribution in [-0.2, 0) is 16.0 Å². The highest BCUT2D eigenvalue weighted by Crippen LogP contribution is 2.31. The van der Waals surface area contributed by atoms with Crippen molar-refractivity contribution in [2.24, 2.45) is 0 Å². The molecule has 9 heteroatoms. The van der Waals surface area contributed by atoms with Gasteiger partial charge in [0.1, 0.15) is 6.54 Å². The van der Waals surface area contributed by atoms with Crippen molar-refractivity contribution in [3.05, 3.63) is 30.0 Å². The summed E-state index contributed by atoms with van der Waals surface area (Å²) in [6.45, 7) is 2.47. The van der Waals surface area contributed by atoms with Crippen LogP contribution >= 0.6 is 0 Å². The van der Waals surface area contributed by atoms with Crippen LogP contribution in [0.25, 0.3) is 10.9 Å². The number of halogens is 3. The van der Waals surface area contributed by atoms with Gasteiger partial charge in [0.25, 0.3) is 0 Å². The number of fused-ring (bicyclic) bond motifs is 1. The summed E-state index contributed by atoms with van der Waals surface area (Å²) in [5.74, 6) is 5.99. The lowest BCUT2D eigenvalue weighted by molar-refractivity contribution is -0.140. The van der Waals surface area contributed by atoms with Gasteiger partial charge in [0, 0.05) is 36.9 Å². The van der Waals surface area contributed by atoms with Crippen molar-refractivity contribution in [1.82, 2.24) is 14.8 Å². The van der Waals surface area contributed by atoms with E-state index in [1.807, 2.05) is 6.07 Å². The van der Waals surface area contributed by atoms with Crippen molar-refractivity contribution in [2.45, 2.75) is 50.2 Å². The van der Waals surface area contributed by atoms with E-state index in [0.29, 0.717) is 37.0 Å². The Bertz CT molecular complexity index is 1020. The first-order valence-electron chi connectivity index (χ1n) is 11.8. The monoisotopic (exact) mass is 478 g/mol. The van der Waals surface area contributed by atoms with Crippen LogP contribution in [0, 0.1) is 11.8 Å². The Labute approximate surface area is 198 Å². The fourth-order valence-corrected chi connectivity index (χ4v) is 4.73. The average molecular weight is 479 g/mol. The third-order valence-corrected chi connectivity index (χ3v) is 6.64. The molecule has 0 bridgehead atoms. The molecule has 2 atom stereocenters. The molecule has 1 aromatic heterocycles. The van der Waals surface area contributed by atoms with Crippen molar-refractivity contribution in [2.75, 3.05) is 52.3 Å². The smallest absolute Gasteiger partial charge is 0.382 e. The molecule has 0 aliphatic carbocycles. The second-order valence-electron chi connectivity index (χ2n) is 9.12. The van der Waals surface area contributed by atoms with Gasteiger partial charge in [-0.15, -0.1) is 0 Å². The van der Waals surface area contributed by atoms with Gasteiger partial charge in [0.2, 0.25) is 0 Å². The molecule has 186 valence electrons. The number of nitrogens with one attached hydrogen (secondary N) is 2. The minimum absolute atomic E-state index is 0.0552. The summed E-state index contributed by atoms with van der Waals surface area (Å²) in [5, 5.41) is 7.67. The molecule has 34 heavy (non-hydrogen) atoms. The summed E-state index contributed by atoms with van der Waals surface area (Å²) in [4.78, 5) is 2.29. The second kappa shape index (κ2) is 11.0. The van der Waals surface area contributed by atoms with Crippen molar-refractivity contribution >= 4 is 16.6 Å². The summed E-state index contributed by atoms with van der Waals surface area (Å²) < 4.78 is 52.4. The number of piperidine rings is 1. The van der Waals surface area contributed by atoms with Gasteiger partial charge >= 0.3 is 6.18 Å². The second-order valence-corrected chi connectivity index (χ2v) is 9.12. The molecule has 4 rings (SSSR count). The highest BCUT2D eigenvalue weighted by Gasteiger charge is 2.30. The van der Waals surface area contributed by atoms with Crippen molar-refractivity contribution in [3.63, 3.8) is 0 Å². The van der Waals surface area contributed by atoms with E-state index in [-0.39, 0.29) is 12.1 Å². The van der Waals surface area contributed by atoms with Crippen LogP contribution in [0.3, 0.4) is 0 Å². The number of nitrogens with zero attached hydrogens (tertiary/aromatic N) is 2. The molecule has 2 aliphatic heterocycles. The molecule has 6 nitrogen and oxygen atoms in total. The quantitative estimate of drug-likeness (QED) is 0.623. The lowest BCUT2D eigenvalue weighted by Gasteiger charge is -2.30. The summed E-state index contributed by atoms with van der Waals surface area (Å²) >= 11 is 0. The Hall–Kier alpha value is -2.25. The number of rotatable bonds is 6. The van der Waals surface area contributed by atoms with Gasteiger partial charge < -0.3 is 29.6 Å². The van der Waals surface area contributed by atoms with Crippen molar-refractivity contribution < 1.29 is 22.6 Å². The highest BCUT2D eigenvalue weighted by molar-refractivity contribution is 5.94. The maximum absolute atomic E-state index is 13.4. The minimum Gasteiger partial charge on any atom is -0.382 e. The highest BCUT2D eigenvalue weighted by atomic mass is 19.4. The van der Waals surface area contributed by atoms with E-state index in [4.69, 9.17) is 9.47 Å². The lowest BCUT2D eigenvalue weighted by atomic mass is 10.0. The summed E-state index contributed by atoms with van der Waals surface area (Å²) in [6.07, 6.45) is -1.58. The number of aromatic nitrogens is 1. The van der Waals surface area contributed by atoms with E-state index < -0.39 is 12.7 Å². The van der Waals surface area contributed by atoms with Crippen LogP contribution in [-0.4, -0.2) is 80.8 Å². The average Bonchev–Trinajstić information content (AvgIpc) is 3.15. The Morgan fingerprint density at radius 2 is 2.00 bits per heavy atom. The number of likely N-dealkylation sites (tertiary alicyclic amines) is 1. The van der Waals surface area contributed by atoms with Crippen LogP contribution in [0.1, 0.15) is 25.0 Å². The predicted molar refractivity (Wildman–Crippen MR) is 127 cm³/mol. The molecule has 2 aliphatic rings. The number of hydrogen-bond acceptors (Lipinski definition) is 5. The first-order chi connectivity index (χ1) is 16.3. The van der Waals surface area contributed by atoms with E-state index in [1.54, 1.807) is 25.3 Å². The normalized spacial score (nSPS) is 22.5. The fraction of sp³-hybridized carbons (Fsp3) is 0.600. The number of alkyl halides is 3. The third kappa shape index (κ3) is 6.25. The van der Waals surface area contributed by atoms with Crippen molar-refractivity contribution in [1.29, 1.82) is 0 Å². The van der Waals surface area contributed by atoms with Gasteiger partial charge in [-0.3, -0.25) is 0 Å². The fourth-order valence-electron chi connectivity index (χ4n) is 4.73. The molecule has 2 saturated heterocycles. The zero-order valence-electron chi connectivity index (χ0n) is 19.8. The van der Waals surface area contributed by atoms with E-state index in [2.05, 4.69) is 34.4 Å². The maximum Gasteiger partial charge on any atom is 0.406 e. The van der Waals surface area contributed by atoms with E-state index in [0.717, 1.165) is 43.4 Å². The molecular weight excluding hydrogens is 445 g/mol. The first-order valence-corrected chi connectivity index (χ1v) is 11.8. The molecule has 1 aromatic carbocycles. The molecule has 0 saturated carbocycles. The zero-order valence-corrected chi connectivity index (χ0v) is 19.8. The zero-order chi connectivity index (χ0) is 24.1. The van der Waals surface area contributed by atoms with Crippen LogP contribution in [0.4, 0.5) is 18.9 Å². The largest absolute Gasteiger partial charge is 0.406 e. The topological polar surface area (TPSA) is 50.7 Å². The van der Waals surface area contributed by atoms with Gasteiger partial charge in [-0.05, 0) is 63.5 Å². The Morgan fingerprint density at radius 3 is 2.74 bits per heavy atom. The first kappa shape index (κ1) is 24.9. The van der Waals surface area contributed by atoms with Crippen LogP contribution in [0.15, 0.2) is 24.3 Å². The maximum atomic E-state index is 13.4. The molecule has 0 unspecified atom stereocenters. The van der Waals surface area contributed by atoms with Crippen molar-refractivity contribution in [3.8, 4) is 11.8 Å². The Balaban J connectivity index is 1.55. The molecule has 2 aromatic rings. The number of benzene rings is 1. The van der Waals surface area contributed by atoms with Crippen LogP contribution in [0.5, 0.6) is 0 Å². The standard InChI is InChI=1S/C25H33F3N4O2/c1-31-12-8-18(9-13-31)30-21-6-3-7-23-20(21)15-19(32(23)17-25(26,27)28)5-4-11-29-22-10-14-34-16-24(22)33-2/h3,6-7,15,18,22,24,29-30H,8-14,16-17H2,1-2H3/t22-,24+/m1/s1. The van der Waals surface area contributed by atoms with E-state index in [9.17, 15) is 13.2 Å². The van der Waals surface area contributed by atoms with E-state index >= 15 is 0 Å². The van der Waals surface area contributed by atoms with Gasteiger partial charge in [-0.25, -0.2) is 0 Å². The Morgan fingerprint density at radius 1 is 1.21 bits per heavy atom. The number of hydrogen-bond donors (Lipinski definition) is 2.